The van der Waals surface area contributed by atoms with E-state index < -0.39 is 29.0 Å². The second-order valence-corrected chi connectivity index (χ2v) is 4.56. The van der Waals surface area contributed by atoms with Crippen molar-refractivity contribution in [2.24, 2.45) is 10.2 Å². The number of carbonyl (C=O) groups excluding carboxylic acids is 2. The van der Waals surface area contributed by atoms with Gasteiger partial charge in [0.25, 0.3) is 5.78 Å². The molecule has 0 aliphatic carbocycles. The second kappa shape index (κ2) is 7.77. The SMILES string of the molecule is COC(=O)C(=O)/C(N=Nc1ccccc1)=C(\O)c1ccc(F)cc1. The molecule has 0 spiro atoms. The summed E-state index contributed by atoms with van der Waals surface area (Å²) in [6.45, 7) is 0. The van der Waals surface area contributed by atoms with Crippen molar-refractivity contribution in [3.8, 4) is 0 Å². The molecule has 0 radical (unpaired) electrons. The standard InChI is InChI=1S/C17H13FN2O4/c1-24-17(23)16(22)14(20-19-13-5-3-2-4-6-13)15(21)11-7-9-12(18)10-8-11/h2-10,21H,1H3/b15-14+,20-19?. The number of azo groups is 1. The molecule has 2 aromatic rings. The van der Waals surface area contributed by atoms with E-state index in [4.69, 9.17) is 0 Å². The van der Waals surface area contributed by atoms with Gasteiger partial charge >= 0.3 is 5.97 Å². The summed E-state index contributed by atoms with van der Waals surface area (Å²) < 4.78 is 17.3. The smallest absolute Gasteiger partial charge is 0.381 e. The summed E-state index contributed by atoms with van der Waals surface area (Å²) in [7, 11) is 1.03. The second-order valence-electron chi connectivity index (χ2n) is 4.56. The van der Waals surface area contributed by atoms with E-state index in [2.05, 4.69) is 15.0 Å². The molecule has 0 aromatic heterocycles. The van der Waals surface area contributed by atoms with Gasteiger partial charge in [-0.15, -0.1) is 5.11 Å². The highest BCUT2D eigenvalue weighted by Gasteiger charge is 2.24. The molecule has 24 heavy (non-hydrogen) atoms. The van der Waals surface area contributed by atoms with Crippen LogP contribution in [0.2, 0.25) is 0 Å². The minimum absolute atomic E-state index is 0.107. The molecule has 2 aromatic carbocycles. The van der Waals surface area contributed by atoms with Gasteiger partial charge in [-0.1, -0.05) is 18.2 Å². The third-order valence-electron chi connectivity index (χ3n) is 2.95. The quantitative estimate of drug-likeness (QED) is 0.299. The molecule has 2 rings (SSSR count). The van der Waals surface area contributed by atoms with Gasteiger partial charge in [0.1, 0.15) is 5.82 Å². The molecule has 1 N–H and O–H groups in total. The van der Waals surface area contributed by atoms with Crippen molar-refractivity contribution in [3.63, 3.8) is 0 Å². The Kier molecular flexibility index (Phi) is 5.51. The Morgan fingerprint density at radius 3 is 2.25 bits per heavy atom. The van der Waals surface area contributed by atoms with Crippen molar-refractivity contribution in [2.45, 2.75) is 0 Å². The first-order chi connectivity index (χ1) is 11.5. The molecule has 0 atom stereocenters. The number of hydrogen-bond acceptors (Lipinski definition) is 6. The van der Waals surface area contributed by atoms with Gasteiger partial charge < -0.3 is 9.84 Å². The fourth-order valence-electron chi connectivity index (χ4n) is 1.74. The van der Waals surface area contributed by atoms with Gasteiger partial charge in [0.15, 0.2) is 11.5 Å². The number of nitrogens with zero attached hydrogens (tertiary/aromatic N) is 2. The lowest BCUT2D eigenvalue weighted by Gasteiger charge is -2.04. The number of aliphatic hydroxyl groups excluding tert-OH is 1. The number of Topliss-reactive ketones (excluding diaryl/α,β-unsaturated/α-hetero) is 1. The first kappa shape index (κ1) is 17.0. The summed E-state index contributed by atoms with van der Waals surface area (Å²) in [5.41, 5.74) is -0.0763. The topological polar surface area (TPSA) is 88.3 Å². The van der Waals surface area contributed by atoms with E-state index in [1.54, 1.807) is 30.3 Å². The maximum Gasteiger partial charge on any atom is 0.381 e. The lowest BCUT2D eigenvalue weighted by atomic mass is 10.1. The molecule has 0 aliphatic heterocycles. The van der Waals surface area contributed by atoms with Crippen molar-refractivity contribution in [1.29, 1.82) is 0 Å². The van der Waals surface area contributed by atoms with E-state index in [1.807, 2.05) is 0 Å². The highest BCUT2D eigenvalue weighted by Crippen LogP contribution is 2.21. The maximum atomic E-state index is 13.0. The molecular weight excluding hydrogens is 315 g/mol. The number of aliphatic hydroxyl groups is 1. The van der Waals surface area contributed by atoms with Crippen molar-refractivity contribution in [1.82, 2.24) is 0 Å². The lowest BCUT2D eigenvalue weighted by Crippen LogP contribution is -2.18. The van der Waals surface area contributed by atoms with Crippen LogP contribution >= 0.6 is 0 Å². The van der Waals surface area contributed by atoms with Crippen LogP contribution in [0.3, 0.4) is 0 Å². The minimum Gasteiger partial charge on any atom is -0.505 e. The van der Waals surface area contributed by atoms with Gasteiger partial charge in [0.05, 0.1) is 12.8 Å². The first-order valence-electron chi connectivity index (χ1n) is 6.81. The Hall–Kier alpha value is -3.35. The normalized spacial score (nSPS) is 11.9. The summed E-state index contributed by atoms with van der Waals surface area (Å²) in [6, 6.07) is 13.1. The van der Waals surface area contributed by atoms with Gasteiger partial charge in [-0.05, 0) is 36.4 Å². The van der Waals surface area contributed by atoms with Crippen LogP contribution in [0.4, 0.5) is 10.1 Å². The molecule has 122 valence electrons. The lowest BCUT2D eigenvalue weighted by molar-refractivity contribution is -0.149. The van der Waals surface area contributed by atoms with E-state index >= 15 is 0 Å². The molecule has 0 heterocycles. The largest absolute Gasteiger partial charge is 0.505 e. The number of esters is 1. The van der Waals surface area contributed by atoms with Crippen molar-refractivity contribution < 1.29 is 23.8 Å². The molecule has 0 bridgehead atoms. The number of rotatable bonds is 5. The van der Waals surface area contributed by atoms with Gasteiger partial charge in [-0.25, -0.2) is 9.18 Å². The molecular formula is C17H13FN2O4. The number of halogens is 1. The zero-order chi connectivity index (χ0) is 17.5. The zero-order valence-electron chi connectivity index (χ0n) is 12.6. The highest BCUT2D eigenvalue weighted by molar-refractivity contribution is 6.41. The molecule has 0 unspecified atom stereocenters. The summed E-state index contributed by atoms with van der Waals surface area (Å²) in [4.78, 5) is 23.5. The van der Waals surface area contributed by atoms with Crippen molar-refractivity contribution >= 4 is 23.2 Å². The molecule has 0 fully saturated rings. The monoisotopic (exact) mass is 328 g/mol. The van der Waals surface area contributed by atoms with E-state index in [-0.39, 0.29) is 5.56 Å². The number of carbonyl (C=O) groups is 2. The minimum atomic E-state index is -1.20. The Balaban J connectivity index is 2.47. The van der Waals surface area contributed by atoms with Crippen LogP contribution in [0.15, 0.2) is 70.5 Å². The van der Waals surface area contributed by atoms with E-state index in [0.717, 1.165) is 19.2 Å². The van der Waals surface area contributed by atoms with Crippen molar-refractivity contribution in [3.05, 3.63) is 71.7 Å². The Bertz CT molecular complexity index is 799. The van der Waals surface area contributed by atoms with Gasteiger partial charge in [-0.2, -0.15) is 5.11 Å². The van der Waals surface area contributed by atoms with Crippen LogP contribution in [-0.2, 0) is 14.3 Å². The van der Waals surface area contributed by atoms with Crippen molar-refractivity contribution in [2.75, 3.05) is 7.11 Å². The number of methoxy groups -OCH3 is 1. The average molecular weight is 328 g/mol. The van der Waals surface area contributed by atoms with Crippen LogP contribution < -0.4 is 0 Å². The summed E-state index contributed by atoms with van der Waals surface area (Å²) in [5, 5.41) is 17.7. The molecule has 7 heteroatoms. The Morgan fingerprint density at radius 2 is 1.67 bits per heavy atom. The molecule has 0 saturated carbocycles. The zero-order valence-corrected chi connectivity index (χ0v) is 12.6. The predicted molar refractivity (Wildman–Crippen MR) is 83.9 cm³/mol. The third-order valence-corrected chi connectivity index (χ3v) is 2.95. The van der Waals surface area contributed by atoms with Crippen LogP contribution in [0, 0.1) is 5.82 Å². The van der Waals surface area contributed by atoms with Gasteiger partial charge in [-0.3, -0.25) is 4.79 Å². The van der Waals surface area contributed by atoms with E-state index in [0.29, 0.717) is 5.69 Å². The Morgan fingerprint density at radius 1 is 1.04 bits per heavy atom. The summed E-state index contributed by atoms with van der Waals surface area (Å²) in [5.74, 6) is -3.49. The fraction of sp³-hybridized carbons (Fsp3) is 0.0588. The predicted octanol–water partition coefficient (Wildman–Crippen LogP) is 3.58. The molecule has 0 saturated heterocycles. The number of hydrogen-bond donors (Lipinski definition) is 1. The summed E-state index contributed by atoms with van der Waals surface area (Å²) in [6.07, 6.45) is 0. The third kappa shape index (κ3) is 4.10. The fourth-order valence-corrected chi connectivity index (χ4v) is 1.74. The number of ketones is 1. The van der Waals surface area contributed by atoms with Gasteiger partial charge in [0.2, 0.25) is 0 Å². The van der Waals surface area contributed by atoms with Crippen LogP contribution in [0.25, 0.3) is 5.76 Å². The van der Waals surface area contributed by atoms with Gasteiger partial charge in [0, 0.05) is 5.56 Å². The Labute approximate surface area is 136 Å². The van der Waals surface area contributed by atoms with Crippen LogP contribution in [-0.4, -0.2) is 24.0 Å². The summed E-state index contributed by atoms with van der Waals surface area (Å²) >= 11 is 0. The number of ether oxygens (including phenoxy) is 1. The molecule has 0 aliphatic rings. The van der Waals surface area contributed by atoms with Crippen LogP contribution in [0.1, 0.15) is 5.56 Å². The van der Waals surface area contributed by atoms with E-state index in [1.165, 1.54) is 12.1 Å². The average Bonchev–Trinajstić information content (AvgIpc) is 2.62. The number of benzene rings is 2. The van der Waals surface area contributed by atoms with E-state index in [9.17, 15) is 19.1 Å². The first-order valence-corrected chi connectivity index (χ1v) is 6.81. The highest BCUT2D eigenvalue weighted by atomic mass is 19.1. The molecule has 0 amide bonds. The molecule has 6 nitrogen and oxygen atoms in total. The van der Waals surface area contributed by atoms with Crippen LogP contribution in [0.5, 0.6) is 0 Å². The maximum absolute atomic E-state index is 13.0.